The minimum atomic E-state index is -1.16. The molecule has 0 saturated heterocycles. The summed E-state index contributed by atoms with van der Waals surface area (Å²) in [6.07, 6.45) is 0.520. The second-order valence-electron chi connectivity index (χ2n) is 1.74. The van der Waals surface area contributed by atoms with E-state index in [2.05, 4.69) is 0 Å². The van der Waals surface area contributed by atoms with E-state index in [1.807, 2.05) is 0 Å². The maximum atomic E-state index is 10.0. The van der Waals surface area contributed by atoms with Crippen LogP contribution in [-0.2, 0) is 9.59 Å². The predicted octanol–water partition coefficient (Wildman–Crippen LogP) is 0.513. The van der Waals surface area contributed by atoms with Crippen molar-refractivity contribution in [3.63, 3.8) is 0 Å². The van der Waals surface area contributed by atoms with Gasteiger partial charge >= 0.3 is 5.97 Å². The SMILES string of the molecule is CC(C=O)[C@H](Cl)C(=O)O. The summed E-state index contributed by atoms with van der Waals surface area (Å²) in [5.74, 6) is -1.78. The first kappa shape index (κ1) is 8.43. The first-order valence-corrected chi connectivity index (χ1v) is 2.85. The standard InChI is InChI=1S/C5H7ClO3/c1-3(2-7)4(6)5(8)9/h2-4H,1H3,(H,8,9)/t3?,4-/m0/s1. The maximum absolute atomic E-state index is 10.0. The summed E-state index contributed by atoms with van der Waals surface area (Å²) in [5.41, 5.74) is 0. The second-order valence-corrected chi connectivity index (χ2v) is 2.21. The zero-order valence-electron chi connectivity index (χ0n) is 4.87. The number of carbonyl (C=O) groups is 2. The Morgan fingerprint density at radius 1 is 1.78 bits per heavy atom. The van der Waals surface area contributed by atoms with Gasteiger partial charge in [0.15, 0.2) is 0 Å². The zero-order chi connectivity index (χ0) is 7.44. The third-order valence-electron chi connectivity index (χ3n) is 0.912. The van der Waals surface area contributed by atoms with Crippen molar-refractivity contribution >= 4 is 23.9 Å². The van der Waals surface area contributed by atoms with Gasteiger partial charge in [0.05, 0.1) is 0 Å². The quantitative estimate of drug-likeness (QED) is 0.471. The van der Waals surface area contributed by atoms with E-state index >= 15 is 0 Å². The lowest BCUT2D eigenvalue weighted by molar-refractivity contribution is -0.138. The molecule has 2 atom stereocenters. The number of carboxylic acids is 1. The van der Waals surface area contributed by atoms with Crippen LogP contribution in [0.3, 0.4) is 0 Å². The van der Waals surface area contributed by atoms with Crippen LogP contribution in [0.4, 0.5) is 0 Å². The molecule has 3 nitrogen and oxygen atoms in total. The third-order valence-corrected chi connectivity index (χ3v) is 1.50. The van der Waals surface area contributed by atoms with Gasteiger partial charge in [-0.25, -0.2) is 0 Å². The van der Waals surface area contributed by atoms with Gasteiger partial charge in [-0.15, -0.1) is 11.6 Å². The number of halogens is 1. The van der Waals surface area contributed by atoms with Crippen LogP contribution >= 0.6 is 11.6 Å². The number of aliphatic carboxylic acids is 1. The fraction of sp³-hybridized carbons (Fsp3) is 0.600. The van der Waals surface area contributed by atoms with Gasteiger partial charge in [-0.1, -0.05) is 6.92 Å². The minimum Gasteiger partial charge on any atom is -0.480 e. The Hall–Kier alpha value is -0.570. The molecule has 0 heterocycles. The normalized spacial score (nSPS) is 16.2. The number of carboxylic acid groups (broad SMARTS) is 1. The molecule has 0 radical (unpaired) electrons. The molecule has 9 heavy (non-hydrogen) atoms. The van der Waals surface area contributed by atoms with Crippen molar-refractivity contribution in [3.05, 3.63) is 0 Å². The number of alkyl halides is 1. The fourth-order valence-electron chi connectivity index (χ4n) is 0.294. The van der Waals surface area contributed by atoms with E-state index in [0.29, 0.717) is 6.29 Å². The fourth-order valence-corrected chi connectivity index (χ4v) is 0.353. The van der Waals surface area contributed by atoms with Gasteiger partial charge in [0.25, 0.3) is 0 Å². The minimum absolute atomic E-state index is 0.520. The summed E-state index contributed by atoms with van der Waals surface area (Å²) in [5, 5.41) is 7.10. The van der Waals surface area contributed by atoms with Crippen molar-refractivity contribution in [3.8, 4) is 0 Å². The van der Waals surface area contributed by atoms with Crippen LogP contribution in [0.25, 0.3) is 0 Å². The number of hydrogen-bond acceptors (Lipinski definition) is 2. The van der Waals surface area contributed by atoms with E-state index in [1.54, 1.807) is 0 Å². The molecule has 0 bridgehead atoms. The largest absolute Gasteiger partial charge is 0.480 e. The highest BCUT2D eigenvalue weighted by Gasteiger charge is 2.20. The molecule has 4 heteroatoms. The van der Waals surface area contributed by atoms with Gasteiger partial charge < -0.3 is 9.90 Å². The summed E-state index contributed by atoms with van der Waals surface area (Å²) in [6.45, 7) is 1.46. The Balaban J connectivity index is 3.86. The number of carbonyl (C=O) groups excluding carboxylic acids is 1. The topological polar surface area (TPSA) is 54.4 Å². The Kier molecular flexibility index (Phi) is 3.24. The van der Waals surface area contributed by atoms with Crippen LogP contribution < -0.4 is 0 Å². The highest BCUT2D eigenvalue weighted by molar-refractivity contribution is 6.30. The molecule has 1 N–H and O–H groups in total. The van der Waals surface area contributed by atoms with E-state index in [0.717, 1.165) is 0 Å². The van der Waals surface area contributed by atoms with E-state index in [1.165, 1.54) is 6.92 Å². The Morgan fingerprint density at radius 3 is 2.33 bits per heavy atom. The van der Waals surface area contributed by atoms with Gasteiger partial charge in [0.1, 0.15) is 11.7 Å². The Morgan fingerprint density at radius 2 is 2.22 bits per heavy atom. The molecule has 0 amide bonds. The van der Waals surface area contributed by atoms with Crippen LogP contribution in [0.1, 0.15) is 6.92 Å². The van der Waals surface area contributed by atoms with Crippen molar-refractivity contribution in [2.45, 2.75) is 12.3 Å². The molecular formula is C5H7ClO3. The molecule has 0 saturated carbocycles. The Bertz CT molecular complexity index is 123. The van der Waals surface area contributed by atoms with Gasteiger partial charge in [-0.05, 0) is 0 Å². The first-order valence-electron chi connectivity index (χ1n) is 2.41. The first-order chi connectivity index (χ1) is 4.09. The average Bonchev–Trinajstić information content (AvgIpc) is 1.84. The number of hydrogen-bond donors (Lipinski definition) is 1. The molecule has 52 valence electrons. The summed E-state index contributed by atoms with van der Waals surface area (Å²) in [4.78, 5) is 19.9. The van der Waals surface area contributed by atoms with E-state index in [9.17, 15) is 9.59 Å². The second kappa shape index (κ2) is 3.45. The molecule has 0 aliphatic carbocycles. The Labute approximate surface area is 57.6 Å². The molecule has 0 aliphatic heterocycles. The monoisotopic (exact) mass is 150 g/mol. The average molecular weight is 151 g/mol. The van der Waals surface area contributed by atoms with E-state index in [-0.39, 0.29) is 0 Å². The smallest absolute Gasteiger partial charge is 0.322 e. The van der Waals surface area contributed by atoms with Crippen LogP contribution in [-0.4, -0.2) is 22.7 Å². The van der Waals surface area contributed by atoms with Crippen LogP contribution in [0.5, 0.6) is 0 Å². The maximum Gasteiger partial charge on any atom is 0.322 e. The summed E-state index contributed by atoms with van der Waals surface area (Å²) >= 11 is 5.24. The highest BCUT2D eigenvalue weighted by atomic mass is 35.5. The van der Waals surface area contributed by atoms with Crippen molar-refractivity contribution < 1.29 is 14.7 Å². The molecule has 0 rings (SSSR count). The third kappa shape index (κ3) is 2.46. The molecule has 0 aromatic carbocycles. The van der Waals surface area contributed by atoms with Crippen molar-refractivity contribution in [1.82, 2.24) is 0 Å². The van der Waals surface area contributed by atoms with Gasteiger partial charge in [-0.3, -0.25) is 4.79 Å². The molecule has 0 spiro atoms. The highest BCUT2D eigenvalue weighted by Crippen LogP contribution is 2.06. The molecule has 0 aromatic rings. The molecule has 0 aliphatic rings. The molecular weight excluding hydrogens is 144 g/mol. The van der Waals surface area contributed by atoms with Crippen molar-refractivity contribution in [2.75, 3.05) is 0 Å². The molecule has 1 unspecified atom stereocenters. The van der Waals surface area contributed by atoms with Crippen LogP contribution in [0.15, 0.2) is 0 Å². The van der Waals surface area contributed by atoms with Gasteiger partial charge in [-0.2, -0.15) is 0 Å². The van der Waals surface area contributed by atoms with Gasteiger partial charge in [0, 0.05) is 5.92 Å². The summed E-state index contributed by atoms with van der Waals surface area (Å²) < 4.78 is 0. The van der Waals surface area contributed by atoms with E-state index in [4.69, 9.17) is 16.7 Å². The number of rotatable bonds is 3. The lowest BCUT2D eigenvalue weighted by Gasteiger charge is -2.04. The molecule has 0 aromatic heterocycles. The lowest BCUT2D eigenvalue weighted by atomic mass is 10.1. The van der Waals surface area contributed by atoms with Crippen LogP contribution in [0, 0.1) is 5.92 Å². The summed E-state index contributed by atoms with van der Waals surface area (Å²) in [6, 6.07) is 0. The van der Waals surface area contributed by atoms with Gasteiger partial charge in [0.2, 0.25) is 0 Å². The van der Waals surface area contributed by atoms with Crippen LogP contribution in [0.2, 0.25) is 0 Å². The number of aldehydes is 1. The predicted molar refractivity (Wildman–Crippen MR) is 32.5 cm³/mol. The zero-order valence-corrected chi connectivity index (χ0v) is 5.63. The van der Waals surface area contributed by atoms with Crippen molar-refractivity contribution in [2.24, 2.45) is 5.92 Å². The lowest BCUT2D eigenvalue weighted by Crippen LogP contribution is -2.22. The molecule has 0 fully saturated rings. The van der Waals surface area contributed by atoms with Crippen molar-refractivity contribution in [1.29, 1.82) is 0 Å². The van der Waals surface area contributed by atoms with E-state index < -0.39 is 17.3 Å². The summed E-state index contributed by atoms with van der Waals surface area (Å²) in [7, 11) is 0.